The van der Waals surface area contributed by atoms with Crippen LogP contribution in [0.2, 0.25) is 0 Å². The highest BCUT2D eigenvalue weighted by Gasteiger charge is 2.27. The first-order valence-corrected chi connectivity index (χ1v) is 7.89. The number of aromatic nitrogens is 2. The van der Waals surface area contributed by atoms with E-state index in [0.717, 1.165) is 17.4 Å². The maximum atomic E-state index is 12.5. The number of ether oxygens (including phenoxy) is 1. The average molecular weight is 363 g/mol. The van der Waals surface area contributed by atoms with Gasteiger partial charge in [-0.05, 0) is 30.5 Å². The summed E-state index contributed by atoms with van der Waals surface area (Å²) in [6.07, 6.45) is 1.60. The molecule has 1 aromatic carbocycles. The van der Waals surface area contributed by atoms with E-state index in [-0.39, 0.29) is 23.9 Å². The molecule has 0 bridgehead atoms. The van der Waals surface area contributed by atoms with Crippen molar-refractivity contribution in [2.75, 3.05) is 0 Å². The summed E-state index contributed by atoms with van der Waals surface area (Å²) in [6.45, 7) is -3.31. The fraction of sp³-hybridized carbons (Fsp3) is 0.353. The largest absolute Gasteiger partial charge is 0.435 e. The van der Waals surface area contributed by atoms with Gasteiger partial charge in [0.2, 0.25) is 0 Å². The van der Waals surface area contributed by atoms with E-state index in [1.54, 1.807) is 6.07 Å². The molecule has 1 aliphatic carbocycles. The van der Waals surface area contributed by atoms with Crippen LogP contribution >= 0.6 is 0 Å². The van der Waals surface area contributed by atoms with Gasteiger partial charge in [0.15, 0.2) is 0 Å². The Labute approximate surface area is 146 Å². The Balaban J connectivity index is 1.88. The zero-order valence-corrected chi connectivity index (χ0v) is 13.5. The first-order valence-electron chi connectivity index (χ1n) is 7.89. The first-order chi connectivity index (χ1) is 12.4. The number of aliphatic hydroxyl groups excluding tert-OH is 1. The van der Waals surface area contributed by atoms with Crippen LogP contribution in [-0.4, -0.2) is 20.9 Å². The van der Waals surface area contributed by atoms with Crippen LogP contribution in [0, 0.1) is 11.3 Å². The second-order valence-corrected chi connectivity index (χ2v) is 5.95. The summed E-state index contributed by atoms with van der Waals surface area (Å²) in [5.74, 6) is -0.0734. The lowest BCUT2D eigenvalue weighted by Crippen LogP contribution is -2.41. The Morgan fingerprint density at radius 3 is 2.46 bits per heavy atom. The van der Waals surface area contributed by atoms with E-state index in [0.29, 0.717) is 5.56 Å². The van der Waals surface area contributed by atoms with Gasteiger partial charge in [-0.3, -0.25) is 13.9 Å². The number of halogens is 2. The second kappa shape index (κ2) is 7.09. The van der Waals surface area contributed by atoms with Gasteiger partial charge < -0.3 is 9.84 Å². The summed E-state index contributed by atoms with van der Waals surface area (Å²) in [5, 5.41) is 19.4. The zero-order chi connectivity index (χ0) is 18.8. The highest BCUT2D eigenvalue weighted by molar-refractivity contribution is 5.29. The van der Waals surface area contributed by atoms with Gasteiger partial charge in [0.25, 0.3) is 5.56 Å². The lowest BCUT2D eigenvalue weighted by molar-refractivity contribution is -0.0498. The third-order valence-electron chi connectivity index (χ3n) is 4.10. The normalized spacial score (nSPS) is 14.9. The molecule has 1 atom stereocenters. The van der Waals surface area contributed by atoms with E-state index in [1.807, 2.05) is 0 Å². The first kappa shape index (κ1) is 17.8. The van der Waals surface area contributed by atoms with Crippen molar-refractivity contribution < 1.29 is 18.6 Å². The highest BCUT2D eigenvalue weighted by Crippen LogP contribution is 2.33. The van der Waals surface area contributed by atoms with Crippen molar-refractivity contribution >= 4 is 0 Å². The molecule has 1 N–H and O–H groups in total. The van der Waals surface area contributed by atoms with Crippen LogP contribution in [0.5, 0.6) is 5.75 Å². The number of nitriles is 1. The standard InChI is InChI=1S/C17H15F2N3O4/c18-16(19)26-13-5-1-10(2-6-13)14(23)9-22-15(24)11(7-20)8-21(17(22)25)12-3-4-12/h1-2,5-6,8,12,14,16,23H,3-4,9H2. The molecule has 7 nitrogen and oxygen atoms in total. The summed E-state index contributed by atoms with van der Waals surface area (Å²) in [4.78, 5) is 24.8. The van der Waals surface area contributed by atoms with Crippen molar-refractivity contribution in [1.29, 1.82) is 5.26 Å². The maximum absolute atomic E-state index is 12.5. The summed E-state index contributed by atoms with van der Waals surface area (Å²) < 4.78 is 30.7. The quantitative estimate of drug-likeness (QED) is 0.840. The van der Waals surface area contributed by atoms with Crippen molar-refractivity contribution in [3.63, 3.8) is 0 Å². The lowest BCUT2D eigenvalue weighted by Gasteiger charge is -2.15. The van der Waals surface area contributed by atoms with Crippen LogP contribution in [0.3, 0.4) is 0 Å². The number of alkyl halides is 2. The molecule has 1 unspecified atom stereocenters. The molecule has 1 heterocycles. The predicted molar refractivity (Wildman–Crippen MR) is 86.0 cm³/mol. The van der Waals surface area contributed by atoms with Crippen LogP contribution in [0.1, 0.15) is 36.1 Å². The van der Waals surface area contributed by atoms with Gasteiger partial charge in [0, 0.05) is 12.2 Å². The number of benzene rings is 1. The fourth-order valence-corrected chi connectivity index (χ4v) is 2.62. The molecule has 0 saturated heterocycles. The molecule has 9 heteroatoms. The number of hydrogen-bond acceptors (Lipinski definition) is 5. The van der Waals surface area contributed by atoms with Crippen LogP contribution in [-0.2, 0) is 6.54 Å². The molecule has 0 radical (unpaired) electrons. The van der Waals surface area contributed by atoms with E-state index in [2.05, 4.69) is 4.74 Å². The van der Waals surface area contributed by atoms with Gasteiger partial charge in [-0.2, -0.15) is 14.0 Å². The van der Waals surface area contributed by atoms with Gasteiger partial charge >= 0.3 is 12.3 Å². The van der Waals surface area contributed by atoms with Crippen LogP contribution in [0.25, 0.3) is 0 Å². The number of aliphatic hydroxyl groups is 1. The Morgan fingerprint density at radius 2 is 1.92 bits per heavy atom. The van der Waals surface area contributed by atoms with E-state index >= 15 is 0 Å². The molecular weight excluding hydrogens is 348 g/mol. The SMILES string of the molecule is N#Cc1cn(C2CC2)c(=O)n(CC(O)c2ccc(OC(F)F)cc2)c1=O. The smallest absolute Gasteiger partial charge is 0.387 e. The maximum Gasteiger partial charge on any atom is 0.387 e. The highest BCUT2D eigenvalue weighted by atomic mass is 19.3. The topological polar surface area (TPSA) is 97.2 Å². The Bertz CT molecular complexity index is 956. The van der Waals surface area contributed by atoms with Gasteiger partial charge in [-0.15, -0.1) is 0 Å². The molecule has 0 aliphatic heterocycles. The molecule has 3 rings (SSSR count). The molecule has 136 valence electrons. The molecule has 26 heavy (non-hydrogen) atoms. The fourth-order valence-electron chi connectivity index (χ4n) is 2.62. The second-order valence-electron chi connectivity index (χ2n) is 5.95. The molecular formula is C17H15F2N3O4. The van der Waals surface area contributed by atoms with Gasteiger partial charge in [-0.1, -0.05) is 12.1 Å². The van der Waals surface area contributed by atoms with Crippen molar-refractivity contribution in [3.8, 4) is 11.8 Å². The number of rotatable bonds is 6. The Hall–Kier alpha value is -2.99. The van der Waals surface area contributed by atoms with Gasteiger partial charge in [-0.25, -0.2) is 4.79 Å². The van der Waals surface area contributed by atoms with E-state index in [9.17, 15) is 23.5 Å². The minimum Gasteiger partial charge on any atom is -0.435 e. The third-order valence-corrected chi connectivity index (χ3v) is 4.10. The molecule has 0 amide bonds. The third kappa shape index (κ3) is 3.65. The van der Waals surface area contributed by atoms with E-state index in [1.165, 1.54) is 35.0 Å². The molecule has 2 aromatic rings. The zero-order valence-electron chi connectivity index (χ0n) is 13.5. The van der Waals surface area contributed by atoms with Crippen molar-refractivity contribution in [1.82, 2.24) is 9.13 Å². The van der Waals surface area contributed by atoms with Gasteiger partial charge in [0.05, 0.1) is 12.6 Å². The molecule has 1 fully saturated rings. The van der Waals surface area contributed by atoms with E-state index < -0.39 is 24.0 Å². The summed E-state index contributed by atoms with van der Waals surface area (Å²) in [5.41, 5.74) is -1.22. The Kier molecular flexibility index (Phi) is 4.86. The number of hydrogen-bond donors (Lipinski definition) is 1. The van der Waals surface area contributed by atoms with E-state index in [4.69, 9.17) is 5.26 Å². The minimum atomic E-state index is -2.96. The monoisotopic (exact) mass is 363 g/mol. The summed E-state index contributed by atoms with van der Waals surface area (Å²) in [6, 6.07) is 6.95. The molecule has 1 saturated carbocycles. The summed E-state index contributed by atoms with van der Waals surface area (Å²) in [7, 11) is 0. The summed E-state index contributed by atoms with van der Waals surface area (Å²) >= 11 is 0. The van der Waals surface area contributed by atoms with Crippen molar-refractivity contribution in [2.24, 2.45) is 0 Å². The Morgan fingerprint density at radius 1 is 1.27 bits per heavy atom. The van der Waals surface area contributed by atoms with Crippen LogP contribution in [0.4, 0.5) is 8.78 Å². The molecule has 1 aromatic heterocycles. The number of nitrogens with zero attached hydrogens (tertiary/aromatic N) is 3. The lowest BCUT2D eigenvalue weighted by atomic mass is 10.1. The molecule has 1 aliphatic rings. The van der Waals surface area contributed by atoms with Crippen LogP contribution in [0.15, 0.2) is 40.1 Å². The predicted octanol–water partition coefficient (Wildman–Crippen LogP) is 1.55. The minimum absolute atomic E-state index is 0.0376. The molecule has 0 spiro atoms. The van der Waals surface area contributed by atoms with Crippen LogP contribution < -0.4 is 16.0 Å². The van der Waals surface area contributed by atoms with Crippen molar-refractivity contribution in [3.05, 3.63) is 62.4 Å². The average Bonchev–Trinajstić information content (AvgIpc) is 3.44. The van der Waals surface area contributed by atoms with Crippen molar-refractivity contribution in [2.45, 2.75) is 38.1 Å². The van der Waals surface area contributed by atoms with Gasteiger partial charge in [0.1, 0.15) is 17.4 Å².